The van der Waals surface area contributed by atoms with Crippen molar-refractivity contribution in [3.05, 3.63) is 54.1 Å². The van der Waals surface area contributed by atoms with Gasteiger partial charge in [-0.25, -0.2) is 19.3 Å². The van der Waals surface area contributed by atoms with E-state index in [-0.39, 0.29) is 11.9 Å². The second-order valence-corrected chi connectivity index (χ2v) is 7.72. The van der Waals surface area contributed by atoms with Crippen molar-refractivity contribution in [3.8, 4) is 0 Å². The van der Waals surface area contributed by atoms with E-state index in [1.807, 2.05) is 19.1 Å². The van der Waals surface area contributed by atoms with Crippen LogP contribution in [0.3, 0.4) is 0 Å². The highest BCUT2D eigenvalue weighted by Gasteiger charge is 2.17. The van der Waals surface area contributed by atoms with Gasteiger partial charge in [0, 0.05) is 42.5 Å². The Hall–Kier alpha value is -3.17. The first-order valence-electron chi connectivity index (χ1n) is 10.5. The molecule has 1 saturated heterocycles. The van der Waals surface area contributed by atoms with E-state index in [9.17, 15) is 4.39 Å². The molecule has 5 rings (SSSR count). The second kappa shape index (κ2) is 8.52. The number of fused-ring (bicyclic) bond motifs is 2. The summed E-state index contributed by atoms with van der Waals surface area (Å²) in [7, 11) is 0. The molecule has 0 spiro atoms. The number of imidazole rings is 1. The molecule has 8 nitrogen and oxygen atoms in total. The van der Waals surface area contributed by atoms with Gasteiger partial charge in [0.25, 0.3) is 0 Å². The number of H-pyrrole nitrogens is 1. The number of pyridine rings is 1. The number of hydrogen-bond acceptors (Lipinski definition) is 7. The summed E-state index contributed by atoms with van der Waals surface area (Å²) in [4.78, 5) is 23.0. The van der Waals surface area contributed by atoms with E-state index in [2.05, 4.69) is 30.2 Å². The van der Waals surface area contributed by atoms with Crippen molar-refractivity contribution in [2.45, 2.75) is 19.4 Å². The Bertz CT molecular complexity index is 1210. The first kappa shape index (κ1) is 19.8. The zero-order chi connectivity index (χ0) is 21.2. The van der Waals surface area contributed by atoms with Crippen molar-refractivity contribution in [2.75, 3.05) is 38.2 Å². The zero-order valence-corrected chi connectivity index (χ0v) is 17.3. The number of halogens is 1. The predicted molar refractivity (Wildman–Crippen MR) is 116 cm³/mol. The summed E-state index contributed by atoms with van der Waals surface area (Å²) in [5, 5.41) is 4.82. The third-order valence-corrected chi connectivity index (χ3v) is 5.71. The Morgan fingerprint density at radius 2 is 2.06 bits per heavy atom. The van der Waals surface area contributed by atoms with Crippen LogP contribution in [0.15, 0.2) is 36.9 Å². The summed E-state index contributed by atoms with van der Waals surface area (Å²) >= 11 is 0. The van der Waals surface area contributed by atoms with Gasteiger partial charge in [0.15, 0.2) is 11.5 Å². The molecule has 31 heavy (non-hydrogen) atoms. The minimum atomic E-state index is -0.237. The number of hydrogen-bond donors (Lipinski definition) is 2. The maximum atomic E-state index is 14.7. The standard InChI is InChI=1S/C22H24FN7O/c1-14(28-22-20-21(25-12-24-20)26-13-27-22)19-11-16-15(3-2-4-17(16)23)18(29-19)5-6-30-7-9-31-10-8-30/h2-4,11-14H,5-10H2,1H3,(H2,24,25,26,27,28). The first-order valence-corrected chi connectivity index (χ1v) is 10.5. The van der Waals surface area contributed by atoms with E-state index < -0.39 is 0 Å². The minimum Gasteiger partial charge on any atom is -0.379 e. The summed E-state index contributed by atoms with van der Waals surface area (Å²) in [6, 6.07) is 6.82. The molecule has 4 heterocycles. The highest BCUT2D eigenvalue weighted by molar-refractivity contribution is 5.86. The number of nitrogens with zero attached hydrogens (tertiary/aromatic N) is 5. The molecule has 1 unspecified atom stereocenters. The van der Waals surface area contributed by atoms with Crippen molar-refractivity contribution >= 4 is 27.8 Å². The summed E-state index contributed by atoms with van der Waals surface area (Å²) in [6.07, 6.45) is 3.81. The van der Waals surface area contributed by atoms with Gasteiger partial charge in [-0.05, 0) is 19.1 Å². The molecule has 4 aromatic rings. The molecular weight excluding hydrogens is 397 g/mol. The fourth-order valence-corrected chi connectivity index (χ4v) is 3.99. The molecule has 0 aliphatic carbocycles. The van der Waals surface area contributed by atoms with Crippen molar-refractivity contribution in [2.24, 2.45) is 0 Å². The van der Waals surface area contributed by atoms with Crippen LogP contribution in [-0.4, -0.2) is 62.7 Å². The Morgan fingerprint density at radius 1 is 1.19 bits per heavy atom. The fourth-order valence-electron chi connectivity index (χ4n) is 3.99. The van der Waals surface area contributed by atoms with Crippen LogP contribution in [-0.2, 0) is 11.2 Å². The average molecular weight is 421 g/mol. The van der Waals surface area contributed by atoms with Crippen LogP contribution in [0.25, 0.3) is 21.9 Å². The Kier molecular flexibility index (Phi) is 5.44. The van der Waals surface area contributed by atoms with E-state index in [0.29, 0.717) is 16.9 Å². The molecule has 1 aromatic carbocycles. The maximum absolute atomic E-state index is 14.7. The molecule has 1 fully saturated rings. The molecule has 1 atom stereocenters. The maximum Gasteiger partial charge on any atom is 0.182 e. The van der Waals surface area contributed by atoms with Crippen LogP contribution in [0.5, 0.6) is 0 Å². The molecule has 1 aliphatic rings. The van der Waals surface area contributed by atoms with Gasteiger partial charge in [-0.2, -0.15) is 0 Å². The smallest absolute Gasteiger partial charge is 0.182 e. The number of morpholine rings is 1. The van der Waals surface area contributed by atoms with Crippen LogP contribution in [0.1, 0.15) is 24.4 Å². The highest BCUT2D eigenvalue weighted by atomic mass is 19.1. The Morgan fingerprint density at radius 3 is 2.94 bits per heavy atom. The molecule has 0 saturated carbocycles. The Balaban J connectivity index is 1.46. The SMILES string of the molecule is CC(Nc1ncnc2nc[nH]c12)c1cc2c(F)cccc2c(CCN2CCOCC2)n1. The lowest BCUT2D eigenvalue weighted by Crippen LogP contribution is -2.37. The van der Waals surface area contributed by atoms with Crippen LogP contribution in [0, 0.1) is 5.82 Å². The van der Waals surface area contributed by atoms with Crippen LogP contribution >= 0.6 is 0 Å². The number of ether oxygens (including phenoxy) is 1. The average Bonchev–Trinajstić information content (AvgIpc) is 3.28. The topological polar surface area (TPSA) is 91.9 Å². The van der Waals surface area contributed by atoms with Crippen molar-refractivity contribution in [1.29, 1.82) is 0 Å². The first-order chi connectivity index (χ1) is 15.2. The molecule has 2 N–H and O–H groups in total. The Labute approximate surface area is 178 Å². The molecular formula is C22H24FN7O. The van der Waals surface area contributed by atoms with Crippen molar-refractivity contribution < 1.29 is 9.13 Å². The number of anilines is 1. The lowest BCUT2D eigenvalue weighted by molar-refractivity contribution is 0.0384. The fraction of sp³-hybridized carbons (Fsp3) is 0.364. The molecule has 3 aromatic heterocycles. The van der Waals surface area contributed by atoms with Crippen LogP contribution in [0.4, 0.5) is 10.2 Å². The number of aromatic nitrogens is 5. The van der Waals surface area contributed by atoms with Crippen LogP contribution in [0.2, 0.25) is 0 Å². The summed E-state index contributed by atoms with van der Waals surface area (Å²) in [6.45, 7) is 6.20. The third kappa shape index (κ3) is 4.06. The lowest BCUT2D eigenvalue weighted by Gasteiger charge is -2.26. The van der Waals surface area contributed by atoms with Gasteiger partial charge in [-0.3, -0.25) is 9.88 Å². The van der Waals surface area contributed by atoms with E-state index in [1.165, 1.54) is 12.4 Å². The quantitative estimate of drug-likeness (QED) is 0.494. The summed E-state index contributed by atoms with van der Waals surface area (Å²) < 4.78 is 20.1. The van der Waals surface area contributed by atoms with Crippen molar-refractivity contribution in [3.63, 3.8) is 0 Å². The third-order valence-electron chi connectivity index (χ3n) is 5.71. The minimum absolute atomic E-state index is 0.187. The normalized spacial score (nSPS) is 16.1. The lowest BCUT2D eigenvalue weighted by atomic mass is 10.0. The molecule has 0 radical (unpaired) electrons. The number of aromatic amines is 1. The van der Waals surface area contributed by atoms with E-state index in [0.717, 1.165) is 61.6 Å². The molecule has 0 amide bonds. The van der Waals surface area contributed by atoms with Gasteiger partial charge in [-0.15, -0.1) is 0 Å². The van der Waals surface area contributed by atoms with Gasteiger partial charge in [-0.1, -0.05) is 12.1 Å². The van der Waals surface area contributed by atoms with E-state index in [1.54, 1.807) is 12.4 Å². The van der Waals surface area contributed by atoms with E-state index >= 15 is 0 Å². The monoisotopic (exact) mass is 421 g/mol. The molecule has 9 heteroatoms. The van der Waals surface area contributed by atoms with Gasteiger partial charge >= 0.3 is 0 Å². The van der Waals surface area contributed by atoms with Crippen LogP contribution < -0.4 is 5.32 Å². The summed E-state index contributed by atoms with van der Waals surface area (Å²) in [5.41, 5.74) is 2.99. The number of benzene rings is 1. The predicted octanol–water partition coefficient (Wildman–Crippen LogP) is 3.09. The summed E-state index contributed by atoms with van der Waals surface area (Å²) in [5.74, 6) is 0.402. The van der Waals surface area contributed by atoms with Gasteiger partial charge in [0.05, 0.1) is 31.3 Å². The van der Waals surface area contributed by atoms with Gasteiger partial charge < -0.3 is 15.0 Å². The van der Waals surface area contributed by atoms with Crippen molar-refractivity contribution in [1.82, 2.24) is 29.8 Å². The van der Waals surface area contributed by atoms with E-state index in [4.69, 9.17) is 9.72 Å². The van der Waals surface area contributed by atoms with Gasteiger partial charge in [0.1, 0.15) is 17.7 Å². The molecule has 0 bridgehead atoms. The largest absolute Gasteiger partial charge is 0.379 e. The second-order valence-electron chi connectivity index (χ2n) is 7.72. The number of nitrogens with one attached hydrogen (secondary N) is 2. The zero-order valence-electron chi connectivity index (χ0n) is 17.3. The number of rotatable bonds is 6. The molecule has 160 valence electrons. The van der Waals surface area contributed by atoms with Gasteiger partial charge in [0.2, 0.25) is 0 Å². The molecule has 1 aliphatic heterocycles. The highest BCUT2D eigenvalue weighted by Crippen LogP contribution is 2.27.